The zero-order chi connectivity index (χ0) is 14.5. The lowest BCUT2D eigenvalue weighted by Gasteiger charge is -2.02. The molecule has 2 aromatic heterocycles. The summed E-state index contributed by atoms with van der Waals surface area (Å²) in [5, 5.41) is 7.37. The lowest BCUT2D eigenvalue weighted by molar-refractivity contribution is 1.12. The number of hydrogen-bond acceptors (Lipinski definition) is 5. The third-order valence-corrected chi connectivity index (χ3v) is 4.64. The number of thioether (sulfide) groups is 1. The number of benzene rings is 1. The Hall–Kier alpha value is -1.85. The van der Waals surface area contributed by atoms with Crippen LogP contribution in [0.2, 0.25) is 0 Å². The third-order valence-electron chi connectivity index (χ3n) is 2.86. The first kappa shape index (κ1) is 14.1. The fourth-order valence-electron chi connectivity index (χ4n) is 1.77. The van der Waals surface area contributed by atoms with E-state index in [9.17, 15) is 0 Å². The van der Waals surface area contributed by atoms with E-state index in [0.717, 1.165) is 27.3 Å². The molecule has 5 heteroatoms. The van der Waals surface area contributed by atoms with Crippen LogP contribution in [0.3, 0.4) is 0 Å². The Morgan fingerprint density at radius 3 is 2.76 bits per heavy atom. The van der Waals surface area contributed by atoms with Gasteiger partial charge in [0.1, 0.15) is 0 Å². The minimum absolute atomic E-state index is 0.836. The Labute approximate surface area is 132 Å². The maximum atomic E-state index is 4.60. The zero-order valence-electron chi connectivity index (χ0n) is 11.6. The van der Waals surface area contributed by atoms with Gasteiger partial charge in [0.2, 0.25) is 0 Å². The van der Waals surface area contributed by atoms with Gasteiger partial charge in [-0.25, -0.2) is 9.97 Å². The highest BCUT2D eigenvalue weighted by atomic mass is 32.2. The lowest BCUT2D eigenvalue weighted by Crippen LogP contribution is -1.90. The first-order valence-corrected chi connectivity index (χ1v) is 8.48. The minimum atomic E-state index is 0.836. The summed E-state index contributed by atoms with van der Waals surface area (Å²) in [7, 11) is 0. The van der Waals surface area contributed by atoms with E-state index in [2.05, 4.69) is 51.9 Å². The van der Waals surface area contributed by atoms with Gasteiger partial charge in [0.25, 0.3) is 0 Å². The average molecular weight is 313 g/mol. The van der Waals surface area contributed by atoms with Crippen molar-refractivity contribution < 1.29 is 0 Å². The van der Waals surface area contributed by atoms with Gasteiger partial charge in [0.15, 0.2) is 5.13 Å². The predicted octanol–water partition coefficient (Wildman–Crippen LogP) is 4.88. The molecular weight excluding hydrogens is 298 g/mol. The number of anilines is 2. The zero-order valence-corrected chi connectivity index (χ0v) is 13.2. The van der Waals surface area contributed by atoms with Crippen molar-refractivity contribution >= 4 is 33.9 Å². The van der Waals surface area contributed by atoms with Crippen molar-refractivity contribution in [2.24, 2.45) is 0 Å². The van der Waals surface area contributed by atoms with Crippen LogP contribution < -0.4 is 5.32 Å². The summed E-state index contributed by atoms with van der Waals surface area (Å²) in [5.74, 6) is 0.836. The quantitative estimate of drug-likeness (QED) is 0.681. The van der Waals surface area contributed by atoms with Gasteiger partial charge in [0.05, 0.1) is 10.7 Å². The number of rotatable bonds is 5. The molecule has 0 saturated heterocycles. The van der Waals surface area contributed by atoms with E-state index in [1.54, 1.807) is 23.1 Å². The van der Waals surface area contributed by atoms with Gasteiger partial charge in [-0.15, -0.1) is 23.1 Å². The molecule has 0 radical (unpaired) electrons. The Balaban J connectivity index is 1.59. The monoisotopic (exact) mass is 313 g/mol. The van der Waals surface area contributed by atoms with E-state index in [1.165, 1.54) is 5.56 Å². The van der Waals surface area contributed by atoms with Crippen molar-refractivity contribution in [2.45, 2.75) is 17.7 Å². The number of aryl methyl sites for hydroxylation is 1. The van der Waals surface area contributed by atoms with Crippen LogP contribution in [0.25, 0.3) is 0 Å². The number of aromatic nitrogens is 2. The van der Waals surface area contributed by atoms with Crippen LogP contribution in [0.4, 0.5) is 10.8 Å². The smallest absolute Gasteiger partial charge is 0.187 e. The number of hydrogen-bond donors (Lipinski definition) is 1. The van der Waals surface area contributed by atoms with Crippen LogP contribution in [0.5, 0.6) is 0 Å². The summed E-state index contributed by atoms with van der Waals surface area (Å²) >= 11 is 3.33. The highest BCUT2D eigenvalue weighted by molar-refractivity contribution is 7.98. The lowest BCUT2D eigenvalue weighted by atomic mass is 10.2. The van der Waals surface area contributed by atoms with Gasteiger partial charge in [-0.2, -0.15) is 0 Å². The molecule has 1 aromatic carbocycles. The molecule has 3 aromatic rings. The van der Waals surface area contributed by atoms with Crippen molar-refractivity contribution in [1.82, 2.24) is 9.97 Å². The first-order valence-electron chi connectivity index (χ1n) is 6.61. The summed E-state index contributed by atoms with van der Waals surface area (Å²) < 4.78 is 0. The van der Waals surface area contributed by atoms with Crippen molar-refractivity contribution in [3.8, 4) is 0 Å². The first-order chi connectivity index (χ1) is 10.3. The minimum Gasteiger partial charge on any atom is -0.332 e. The van der Waals surface area contributed by atoms with E-state index >= 15 is 0 Å². The van der Waals surface area contributed by atoms with Crippen LogP contribution in [0.15, 0.2) is 59.1 Å². The Kier molecular flexibility index (Phi) is 4.52. The normalized spacial score (nSPS) is 10.5. The van der Waals surface area contributed by atoms with Crippen LogP contribution in [-0.2, 0) is 5.75 Å². The maximum absolute atomic E-state index is 4.60. The Bertz CT molecular complexity index is 693. The van der Waals surface area contributed by atoms with Gasteiger partial charge in [-0.05, 0) is 31.2 Å². The van der Waals surface area contributed by atoms with Gasteiger partial charge in [0, 0.05) is 23.0 Å². The second-order valence-corrected chi connectivity index (χ2v) is 6.45. The molecule has 21 heavy (non-hydrogen) atoms. The van der Waals surface area contributed by atoms with E-state index in [-0.39, 0.29) is 0 Å². The fourth-order valence-corrected chi connectivity index (χ4v) is 3.36. The van der Waals surface area contributed by atoms with Crippen LogP contribution in [0.1, 0.15) is 11.3 Å². The molecule has 2 heterocycles. The van der Waals surface area contributed by atoms with E-state index in [0.29, 0.717) is 0 Å². The summed E-state index contributed by atoms with van der Waals surface area (Å²) in [6, 6.07) is 14.3. The largest absolute Gasteiger partial charge is 0.332 e. The summed E-state index contributed by atoms with van der Waals surface area (Å²) in [6.45, 7) is 2.08. The molecule has 0 aliphatic heterocycles. The molecule has 0 saturated carbocycles. The van der Waals surface area contributed by atoms with Gasteiger partial charge in [-0.3, -0.25) is 0 Å². The van der Waals surface area contributed by atoms with Crippen molar-refractivity contribution in [2.75, 3.05) is 5.32 Å². The standard InChI is InChI=1S/C16H15N3S2/c1-12-5-7-13(8-6-12)18-16-19-14(11-21-16)10-20-15-4-2-3-9-17-15/h2-9,11H,10H2,1H3,(H,18,19). The molecule has 0 spiro atoms. The van der Waals surface area contributed by atoms with Crippen LogP contribution >= 0.6 is 23.1 Å². The van der Waals surface area contributed by atoms with Gasteiger partial charge >= 0.3 is 0 Å². The Morgan fingerprint density at radius 2 is 2.00 bits per heavy atom. The molecule has 0 aliphatic rings. The average Bonchev–Trinajstić information content (AvgIpc) is 2.96. The van der Waals surface area contributed by atoms with E-state index in [1.807, 2.05) is 24.4 Å². The maximum Gasteiger partial charge on any atom is 0.187 e. The summed E-state index contributed by atoms with van der Waals surface area (Å²) in [6.07, 6.45) is 1.81. The van der Waals surface area contributed by atoms with Crippen LogP contribution in [0, 0.1) is 6.92 Å². The molecule has 3 rings (SSSR count). The van der Waals surface area contributed by atoms with Crippen LogP contribution in [-0.4, -0.2) is 9.97 Å². The molecule has 0 bridgehead atoms. The molecule has 0 fully saturated rings. The number of nitrogens with zero attached hydrogens (tertiary/aromatic N) is 2. The molecule has 0 unspecified atom stereocenters. The van der Waals surface area contributed by atoms with E-state index in [4.69, 9.17) is 0 Å². The number of pyridine rings is 1. The molecule has 0 aliphatic carbocycles. The second kappa shape index (κ2) is 6.74. The predicted molar refractivity (Wildman–Crippen MR) is 90.4 cm³/mol. The third kappa shape index (κ3) is 4.06. The molecule has 0 atom stereocenters. The molecule has 0 amide bonds. The van der Waals surface area contributed by atoms with Crippen molar-refractivity contribution in [3.63, 3.8) is 0 Å². The summed E-state index contributed by atoms with van der Waals surface area (Å²) in [4.78, 5) is 8.90. The second-order valence-electron chi connectivity index (χ2n) is 4.59. The van der Waals surface area contributed by atoms with Crippen molar-refractivity contribution in [1.29, 1.82) is 0 Å². The number of nitrogens with one attached hydrogen (secondary N) is 1. The fraction of sp³-hybridized carbons (Fsp3) is 0.125. The summed E-state index contributed by atoms with van der Waals surface area (Å²) in [5.41, 5.74) is 3.40. The van der Waals surface area contributed by atoms with E-state index < -0.39 is 0 Å². The van der Waals surface area contributed by atoms with Crippen molar-refractivity contribution in [3.05, 3.63) is 65.3 Å². The molecular formula is C16H15N3S2. The van der Waals surface area contributed by atoms with Gasteiger partial charge in [-0.1, -0.05) is 23.8 Å². The number of thiazole rings is 1. The molecule has 106 valence electrons. The molecule has 1 N–H and O–H groups in total. The Morgan fingerprint density at radius 1 is 1.14 bits per heavy atom. The van der Waals surface area contributed by atoms with Gasteiger partial charge < -0.3 is 5.32 Å². The highest BCUT2D eigenvalue weighted by Crippen LogP contribution is 2.25. The topological polar surface area (TPSA) is 37.8 Å². The SMILES string of the molecule is Cc1ccc(Nc2nc(CSc3ccccn3)cs2)cc1. The molecule has 3 nitrogen and oxygen atoms in total. The highest BCUT2D eigenvalue weighted by Gasteiger charge is 2.04.